The van der Waals surface area contributed by atoms with Crippen LogP contribution in [-0.4, -0.2) is 36.0 Å². The Hall–Kier alpha value is -2.89. The van der Waals surface area contributed by atoms with Crippen molar-refractivity contribution in [3.05, 3.63) is 71.5 Å². The largest absolute Gasteiger partial charge is 0.445 e. The van der Waals surface area contributed by atoms with Crippen molar-refractivity contribution in [2.24, 2.45) is 0 Å². The molecule has 1 N–H and O–H groups in total. The van der Waals surface area contributed by atoms with Gasteiger partial charge in [-0.1, -0.05) is 36.4 Å². The highest BCUT2D eigenvalue weighted by atomic mass is 19.1. The first-order valence-electron chi connectivity index (χ1n) is 8.64. The van der Waals surface area contributed by atoms with Gasteiger partial charge in [-0.3, -0.25) is 4.79 Å². The number of halogens is 1. The van der Waals surface area contributed by atoms with Crippen LogP contribution in [0.15, 0.2) is 54.6 Å². The zero-order chi connectivity index (χ0) is 18.4. The standard InChI is InChI=1S/C20H21FN2O3/c21-17-8-4-7-16(13-17)19(24)22-18-9-11-23(12-10-18)20(25)26-14-15-5-2-1-3-6-15/h1-8,13,18H,9-12,14H2,(H,22,24). The SMILES string of the molecule is O=C(NC1CCN(C(=O)OCc2ccccc2)CC1)c1cccc(F)c1. The third-order valence-corrected chi connectivity index (χ3v) is 4.38. The van der Waals surface area contributed by atoms with E-state index in [4.69, 9.17) is 4.74 Å². The molecule has 0 saturated carbocycles. The van der Waals surface area contributed by atoms with Crippen LogP contribution in [0.1, 0.15) is 28.8 Å². The predicted octanol–water partition coefficient (Wildman–Crippen LogP) is 3.36. The molecule has 5 nitrogen and oxygen atoms in total. The van der Waals surface area contributed by atoms with Gasteiger partial charge in [0, 0.05) is 24.7 Å². The van der Waals surface area contributed by atoms with Crippen LogP contribution in [0, 0.1) is 5.82 Å². The summed E-state index contributed by atoms with van der Waals surface area (Å²) in [6.07, 6.45) is 0.937. The van der Waals surface area contributed by atoms with Crippen molar-refractivity contribution in [3.8, 4) is 0 Å². The van der Waals surface area contributed by atoms with E-state index in [9.17, 15) is 14.0 Å². The molecule has 1 heterocycles. The Morgan fingerprint density at radius 3 is 2.50 bits per heavy atom. The number of hydrogen-bond donors (Lipinski definition) is 1. The quantitative estimate of drug-likeness (QED) is 0.914. The fourth-order valence-corrected chi connectivity index (χ4v) is 2.92. The van der Waals surface area contributed by atoms with Gasteiger partial charge in [0.15, 0.2) is 0 Å². The van der Waals surface area contributed by atoms with Gasteiger partial charge < -0.3 is 15.0 Å². The average Bonchev–Trinajstić information content (AvgIpc) is 2.67. The molecule has 0 aliphatic carbocycles. The Balaban J connectivity index is 1.43. The van der Waals surface area contributed by atoms with Gasteiger partial charge in [-0.25, -0.2) is 9.18 Å². The van der Waals surface area contributed by atoms with E-state index < -0.39 is 5.82 Å². The van der Waals surface area contributed by atoms with E-state index in [0.717, 1.165) is 5.56 Å². The molecular formula is C20H21FN2O3. The summed E-state index contributed by atoms with van der Waals surface area (Å²) in [7, 11) is 0. The van der Waals surface area contributed by atoms with Gasteiger partial charge in [-0.15, -0.1) is 0 Å². The Bertz CT molecular complexity index is 759. The molecule has 2 aromatic rings. The van der Waals surface area contributed by atoms with Crippen LogP contribution in [0.4, 0.5) is 9.18 Å². The second kappa shape index (κ2) is 8.47. The lowest BCUT2D eigenvalue weighted by Crippen LogP contribution is -2.46. The van der Waals surface area contributed by atoms with E-state index in [1.807, 2.05) is 30.3 Å². The van der Waals surface area contributed by atoms with Crippen LogP contribution in [0.3, 0.4) is 0 Å². The van der Waals surface area contributed by atoms with Crippen molar-refractivity contribution in [2.75, 3.05) is 13.1 Å². The number of carbonyl (C=O) groups excluding carboxylic acids is 2. The maximum Gasteiger partial charge on any atom is 0.410 e. The summed E-state index contributed by atoms with van der Waals surface area (Å²) in [4.78, 5) is 25.9. The summed E-state index contributed by atoms with van der Waals surface area (Å²) in [6, 6.07) is 15.1. The van der Waals surface area contributed by atoms with Crippen LogP contribution < -0.4 is 5.32 Å². The molecule has 1 fully saturated rings. The molecule has 0 aromatic heterocycles. The Labute approximate surface area is 151 Å². The first-order valence-corrected chi connectivity index (χ1v) is 8.64. The molecule has 0 spiro atoms. The van der Waals surface area contributed by atoms with Crippen molar-refractivity contribution in [2.45, 2.75) is 25.5 Å². The van der Waals surface area contributed by atoms with Gasteiger partial charge in [0.1, 0.15) is 12.4 Å². The summed E-state index contributed by atoms with van der Waals surface area (Å²) in [5, 5.41) is 2.90. The molecule has 26 heavy (non-hydrogen) atoms. The van der Waals surface area contributed by atoms with Crippen LogP contribution in [0.25, 0.3) is 0 Å². The number of likely N-dealkylation sites (tertiary alicyclic amines) is 1. The average molecular weight is 356 g/mol. The molecule has 136 valence electrons. The first-order chi connectivity index (χ1) is 12.6. The third-order valence-electron chi connectivity index (χ3n) is 4.38. The van der Waals surface area contributed by atoms with Crippen LogP contribution in [0.2, 0.25) is 0 Å². The van der Waals surface area contributed by atoms with E-state index in [2.05, 4.69) is 5.32 Å². The molecule has 1 saturated heterocycles. The van der Waals surface area contributed by atoms with E-state index in [0.29, 0.717) is 31.5 Å². The molecule has 3 rings (SSSR count). The number of nitrogens with zero attached hydrogens (tertiary/aromatic N) is 1. The number of hydrogen-bond acceptors (Lipinski definition) is 3. The molecule has 2 amide bonds. The zero-order valence-electron chi connectivity index (χ0n) is 14.4. The molecule has 6 heteroatoms. The molecule has 1 aliphatic heterocycles. The molecular weight excluding hydrogens is 335 g/mol. The Morgan fingerprint density at radius 1 is 1.08 bits per heavy atom. The Kier molecular flexibility index (Phi) is 5.84. The minimum absolute atomic E-state index is 0.0380. The number of nitrogens with one attached hydrogen (secondary N) is 1. The van der Waals surface area contributed by atoms with Gasteiger partial charge in [-0.05, 0) is 36.6 Å². The van der Waals surface area contributed by atoms with Crippen molar-refractivity contribution in [1.29, 1.82) is 0 Å². The summed E-state index contributed by atoms with van der Waals surface area (Å²) in [6.45, 7) is 1.28. The fraction of sp³-hybridized carbons (Fsp3) is 0.300. The van der Waals surface area contributed by atoms with Crippen molar-refractivity contribution >= 4 is 12.0 Å². The van der Waals surface area contributed by atoms with Crippen molar-refractivity contribution in [1.82, 2.24) is 10.2 Å². The molecule has 0 atom stereocenters. The number of carbonyl (C=O) groups is 2. The smallest absolute Gasteiger partial charge is 0.410 e. The number of amides is 2. The second-order valence-electron chi connectivity index (χ2n) is 6.29. The number of rotatable bonds is 4. The molecule has 2 aromatic carbocycles. The topological polar surface area (TPSA) is 58.6 Å². The summed E-state index contributed by atoms with van der Waals surface area (Å²) >= 11 is 0. The van der Waals surface area contributed by atoms with Crippen molar-refractivity contribution < 1.29 is 18.7 Å². The van der Waals surface area contributed by atoms with Crippen molar-refractivity contribution in [3.63, 3.8) is 0 Å². The monoisotopic (exact) mass is 356 g/mol. The third kappa shape index (κ3) is 4.81. The second-order valence-corrected chi connectivity index (χ2v) is 6.29. The van der Waals surface area contributed by atoms with E-state index >= 15 is 0 Å². The normalized spacial score (nSPS) is 14.7. The number of benzene rings is 2. The molecule has 1 aliphatic rings. The van der Waals surface area contributed by atoms with Gasteiger partial charge in [-0.2, -0.15) is 0 Å². The fourth-order valence-electron chi connectivity index (χ4n) is 2.92. The van der Waals surface area contributed by atoms with Crippen LogP contribution >= 0.6 is 0 Å². The lowest BCUT2D eigenvalue weighted by Gasteiger charge is -2.31. The minimum Gasteiger partial charge on any atom is -0.445 e. The highest BCUT2D eigenvalue weighted by Crippen LogP contribution is 2.14. The minimum atomic E-state index is -0.436. The summed E-state index contributed by atoms with van der Waals surface area (Å²) < 4.78 is 18.5. The number of ether oxygens (including phenoxy) is 1. The van der Waals surface area contributed by atoms with Crippen LogP contribution in [-0.2, 0) is 11.3 Å². The lowest BCUT2D eigenvalue weighted by atomic mass is 10.0. The zero-order valence-corrected chi connectivity index (χ0v) is 14.4. The first kappa shape index (κ1) is 17.9. The lowest BCUT2D eigenvalue weighted by molar-refractivity contribution is 0.0809. The van der Waals surface area contributed by atoms with Gasteiger partial charge >= 0.3 is 6.09 Å². The number of piperidine rings is 1. The van der Waals surface area contributed by atoms with Crippen LogP contribution in [0.5, 0.6) is 0 Å². The maximum atomic E-state index is 13.2. The molecule has 0 radical (unpaired) electrons. The summed E-state index contributed by atoms with van der Waals surface area (Å²) in [5.41, 5.74) is 1.24. The highest BCUT2D eigenvalue weighted by molar-refractivity contribution is 5.94. The van der Waals surface area contributed by atoms with Gasteiger partial charge in [0.05, 0.1) is 0 Å². The predicted molar refractivity (Wildman–Crippen MR) is 95.1 cm³/mol. The van der Waals surface area contributed by atoms with E-state index in [-0.39, 0.29) is 24.6 Å². The van der Waals surface area contributed by atoms with Gasteiger partial charge in [0.25, 0.3) is 5.91 Å². The molecule has 0 bridgehead atoms. The Morgan fingerprint density at radius 2 is 1.81 bits per heavy atom. The highest BCUT2D eigenvalue weighted by Gasteiger charge is 2.25. The van der Waals surface area contributed by atoms with E-state index in [1.165, 1.54) is 18.2 Å². The van der Waals surface area contributed by atoms with E-state index in [1.54, 1.807) is 11.0 Å². The molecule has 0 unspecified atom stereocenters. The summed E-state index contributed by atoms with van der Waals surface area (Å²) in [5.74, 6) is -0.733. The van der Waals surface area contributed by atoms with Gasteiger partial charge in [0.2, 0.25) is 0 Å². The maximum absolute atomic E-state index is 13.2.